The second-order valence-corrected chi connectivity index (χ2v) is 7.02. The number of carbonyl (C=O) groups is 1. The molecule has 0 unspecified atom stereocenters. The molecule has 0 bridgehead atoms. The van der Waals surface area contributed by atoms with Crippen LogP contribution in [-0.4, -0.2) is 37.1 Å². The first kappa shape index (κ1) is 16.4. The highest BCUT2D eigenvalue weighted by Crippen LogP contribution is 2.42. The zero-order chi connectivity index (χ0) is 16.3. The molecule has 0 radical (unpaired) electrons. The standard InChI is InChI=1S/C19H26FNO2/c1-21-13-5-2-6-17(21)14-23-18(22)19(11-3-4-12-19)15-7-9-16(20)10-8-15/h7-10,17H,2-6,11-14H2,1H3/t17-/m1/s1. The molecule has 0 aromatic heterocycles. The summed E-state index contributed by atoms with van der Waals surface area (Å²) >= 11 is 0. The van der Waals surface area contributed by atoms with Gasteiger partial charge in [0.15, 0.2) is 0 Å². The van der Waals surface area contributed by atoms with Gasteiger partial charge in [-0.25, -0.2) is 4.39 Å². The summed E-state index contributed by atoms with van der Waals surface area (Å²) in [6.07, 6.45) is 7.17. The van der Waals surface area contributed by atoms with Gasteiger partial charge in [0.1, 0.15) is 12.4 Å². The van der Waals surface area contributed by atoms with Crippen molar-refractivity contribution >= 4 is 5.97 Å². The van der Waals surface area contributed by atoms with Gasteiger partial charge in [0.05, 0.1) is 5.41 Å². The van der Waals surface area contributed by atoms with Crippen LogP contribution < -0.4 is 0 Å². The van der Waals surface area contributed by atoms with Gasteiger partial charge in [0.2, 0.25) is 0 Å². The first-order chi connectivity index (χ1) is 11.1. The molecule has 0 amide bonds. The Morgan fingerprint density at radius 2 is 1.91 bits per heavy atom. The van der Waals surface area contributed by atoms with Crippen LogP contribution in [-0.2, 0) is 14.9 Å². The van der Waals surface area contributed by atoms with E-state index in [1.807, 2.05) is 0 Å². The quantitative estimate of drug-likeness (QED) is 0.793. The Labute approximate surface area is 137 Å². The van der Waals surface area contributed by atoms with Crippen molar-refractivity contribution in [2.45, 2.75) is 56.4 Å². The Balaban J connectivity index is 1.70. The van der Waals surface area contributed by atoms with Crippen LogP contribution in [0.5, 0.6) is 0 Å². The molecule has 0 spiro atoms. The summed E-state index contributed by atoms with van der Waals surface area (Å²) in [5.74, 6) is -0.389. The number of nitrogens with zero attached hydrogens (tertiary/aromatic N) is 1. The van der Waals surface area contributed by atoms with E-state index in [2.05, 4.69) is 11.9 Å². The SMILES string of the molecule is CN1CCCC[C@@H]1COC(=O)C1(c2ccc(F)cc2)CCCC1. The molecular weight excluding hydrogens is 293 g/mol. The summed E-state index contributed by atoms with van der Waals surface area (Å²) in [5.41, 5.74) is 0.333. The number of hydrogen-bond acceptors (Lipinski definition) is 3. The normalized spacial score (nSPS) is 24.5. The van der Waals surface area contributed by atoms with E-state index in [0.29, 0.717) is 12.6 Å². The first-order valence-corrected chi connectivity index (χ1v) is 8.75. The van der Waals surface area contributed by atoms with Crippen LogP contribution in [0.25, 0.3) is 0 Å². The molecular formula is C19H26FNO2. The highest BCUT2D eigenvalue weighted by atomic mass is 19.1. The molecule has 0 N–H and O–H groups in total. The molecule has 1 atom stereocenters. The number of likely N-dealkylation sites (tertiary alicyclic amines) is 1. The summed E-state index contributed by atoms with van der Waals surface area (Å²) in [4.78, 5) is 15.2. The number of piperidine rings is 1. The Bertz CT molecular complexity index is 537. The van der Waals surface area contributed by atoms with Gasteiger partial charge < -0.3 is 9.64 Å². The average molecular weight is 319 g/mol. The van der Waals surface area contributed by atoms with Crippen LogP contribution in [0.1, 0.15) is 50.5 Å². The lowest BCUT2D eigenvalue weighted by atomic mass is 9.79. The molecule has 23 heavy (non-hydrogen) atoms. The molecule has 1 aromatic rings. The molecule has 2 aliphatic rings. The van der Waals surface area contributed by atoms with Gasteiger partial charge in [-0.05, 0) is 57.0 Å². The Kier molecular flexibility index (Phi) is 5.00. The topological polar surface area (TPSA) is 29.5 Å². The van der Waals surface area contributed by atoms with Crippen LogP contribution >= 0.6 is 0 Å². The lowest BCUT2D eigenvalue weighted by Crippen LogP contribution is -2.42. The number of hydrogen-bond donors (Lipinski definition) is 0. The van der Waals surface area contributed by atoms with Crippen molar-refractivity contribution in [3.8, 4) is 0 Å². The highest BCUT2D eigenvalue weighted by molar-refractivity contribution is 5.83. The first-order valence-electron chi connectivity index (χ1n) is 8.75. The summed E-state index contributed by atoms with van der Waals surface area (Å²) in [6, 6.07) is 6.71. The molecule has 1 saturated carbocycles. The van der Waals surface area contributed by atoms with Gasteiger partial charge in [0.25, 0.3) is 0 Å². The Morgan fingerprint density at radius 3 is 2.57 bits per heavy atom. The van der Waals surface area contributed by atoms with Crippen LogP contribution in [0.4, 0.5) is 4.39 Å². The van der Waals surface area contributed by atoms with Crippen LogP contribution in [0, 0.1) is 5.82 Å². The summed E-state index contributed by atoms with van der Waals surface area (Å²) in [6.45, 7) is 1.55. The average Bonchev–Trinajstić information content (AvgIpc) is 3.05. The fraction of sp³-hybridized carbons (Fsp3) is 0.632. The maximum atomic E-state index is 13.2. The lowest BCUT2D eigenvalue weighted by molar-refractivity contribution is -0.152. The Morgan fingerprint density at radius 1 is 1.22 bits per heavy atom. The third-order valence-electron chi connectivity index (χ3n) is 5.57. The minimum atomic E-state index is -0.569. The van der Waals surface area contributed by atoms with E-state index in [1.165, 1.54) is 25.0 Å². The molecule has 1 aliphatic heterocycles. The maximum absolute atomic E-state index is 13.2. The monoisotopic (exact) mass is 319 g/mol. The molecule has 3 rings (SSSR count). The molecule has 1 heterocycles. The summed E-state index contributed by atoms with van der Waals surface area (Å²) in [5, 5.41) is 0. The van der Waals surface area contributed by atoms with Crippen molar-refractivity contribution in [1.82, 2.24) is 4.90 Å². The summed E-state index contributed by atoms with van der Waals surface area (Å²) < 4.78 is 19.0. The van der Waals surface area contributed by atoms with E-state index in [-0.39, 0.29) is 11.8 Å². The Hall–Kier alpha value is -1.42. The van der Waals surface area contributed by atoms with Gasteiger partial charge >= 0.3 is 5.97 Å². The van der Waals surface area contributed by atoms with E-state index in [4.69, 9.17) is 4.74 Å². The lowest BCUT2D eigenvalue weighted by Gasteiger charge is -2.33. The van der Waals surface area contributed by atoms with Gasteiger partial charge in [-0.15, -0.1) is 0 Å². The molecule has 3 nitrogen and oxygen atoms in total. The third-order valence-corrected chi connectivity index (χ3v) is 5.57. The zero-order valence-corrected chi connectivity index (χ0v) is 13.9. The molecule has 126 valence electrons. The zero-order valence-electron chi connectivity index (χ0n) is 13.9. The molecule has 4 heteroatoms. The van der Waals surface area contributed by atoms with E-state index in [0.717, 1.165) is 44.2 Å². The maximum Gasteiger partial charge on any atom is 0.316 e. The van der Waals surface area contributed by atoms with Gasteiger partial charge in [0, 0.05) is 6.04 Å². The van der Waals surface area contributed by atoms with Crippen molar-refractivity contribution in [3.63, 3.8) is 0 Å². The number of likely N-dealkylation sites (N-methyl/N-ethyl adjacent to an activating group) is 1. The number of halogens is 1. The second-order valence-electron chi connectivity index (χ2n) is 7.02. The van der Waals surface area contributed by atoms with Crippen molar-refractivity contribution in [1.29, 1.82) is 0 Å². The van der Waals surface area contributed by atoms with E-state index >= 15 is 0 Å². The van der Waals surface area contributed by atoms with E-state index in [9.17, 15) is 9.18 Å². The van der Waals surface area contributed by atoms with E-state index in [1.54, 1.807) is 12.1 Å². The van der Waals surface area contributed by atoms with Crippen LogP contribution in [0.15, 0.2) is 24.3 Å². The van der Waals surface area contributed by atoms with Crippen molar-refractivity contribution in [2.24, 2.45) is 0 Å². The second kappa shape index (κ2) is 7.00. The predicted octanol–water partition coefficient (Wildman–Crippen LogP) is 3.67. The number of ether oxygens (including phenoxy) is 1. The third kappa shape index (κ3) is 3.42. The van der Waals surface area contributed by atoms with Gasteiger partial charge in [-0.2, -0.15) is 0 Å². The molecule has 1 saturated heterocycles. The smallest absolute Gasteiger partial charge is 0.316 e. The fourth-order valence-electron chi connectivity index (χ4n) is 4.02. The van der Waals surface area contributed by atoms with Crippen LogP contribution in [0.2, 0.25) is 0 Å². The highest BCUT2D eigenvalue weighted by Gasteiger charge is 2.44. The minimum absolute atomic E-state index is 0.124. The van der Waals surface area contributed by atoms with Crippen LogP contribution in [0.3, 0.4) is 0 Å². The molecule has 2 fully saturated rings. The number of benzene rings is 1. The van der Waals surface area contributed by atoms with Crippen molar-refractivity contribution in [2.75, 3.05) is 20.2 Å². The molecule has 1 aliphatic carbocycles. The van der Waals surface area contributed by atoms with E-state index < -0.39 is 5.41 Å². The van der Waals surface area contributed by atoms with Gasteiger partial charge in [-0.1, -0.05) is 31.4 Å². The molecule has 1 aromatic carbocycles. The van der Waals surface area contributed by atoms with Crippen molar-refractivity contribution in [3.05, 3.63) is 35.6 Å². The summed E-state index contributed by atoms with van der Waals surface area (Å²) in [7, 11) is 2.10. The fourth-order valence-corrected chi connectivity index (χ4v) is 4.02. The predicted molar refractivity (Wildman–Crippen MR) is 87.8 cm³/mol. The van der Waals surface area contributed by atoms with Crippen molar-refractivity contribution < 1.29 is 13.9 Å². The number of carbonyl (C=O) groups excluding carboxylic acids is 1. The minimum Gasteiger partial charge on any atom is -0.463 e. The van der Waals surface area contributed by atoms with Gasteiger partial charge in [-0.3, -0.25) is 4.79 Å². The largest absolute Gasteiger partial charge is 0.463 e. The number of rotatable bonds is 4. The number of esters is 1.